The molecule has 0 N–H and O–H groups in total. The van der Waals surface area contributed by atoms with Gasteiger partial charge in [-0.1, -0.05) is 15.9 Å². The van der Waals surface area contributed by atoms with Gasteiger partial charge in [0.05, 0.1) is 18.9 Å². The molecule has 0 spiro atoms. The highest BCUT2D eigenvalue weighted by atomic mass is 79.9. The molecule has 0 amide bonds. The van der Waals surface area contributed by atoms with Crippen LogP contribution in [0.4, 0.5) is 0 Å². The Morgan fingerprint density at radius 2 is 2.08 bits per heavy atom. The third kappa shape index (κ3) is 1.70. The van der Waals surface area contributed by atoms with E-state index >= 15 is 0 Å². The van der Waals surface area contributed by atoms with Crippen LogP contribution in [0.5, 0.6) is 0 Å². The number of ether oxygens (including phenoxy) is 1. The summed E-state index contributed by atoms with van der Waals surface area (Å²) >= 11 is 6.78. The molecule has 64 valence electrons. The quantitative estimate of drug-likeness (QED) is 0.743. The molecule has 0 radical (unpaired) electrons. The zero-order chi connectivity index (χ0) is 8.55. The van der Waals surface area contributed by atoms with Crippen LogP contribution in [0.15, 0.2) is 21.2 Å². The predicted octanol–water partition coefficient (Wildman–Crippen LogP) is 2.72. The Bertz CT molecular complexity index is 279. The fourth-order valence-corrected chi connectivity index (χ4v) is 2.31. The molecule has 0 unspecified atom stereocenters. The van der Waals surface area contributed by atoms with E-state index in [4.69, 9.17) is 4.74 Å². The van der Waals surface area contributed by atoms with E-state index in [-0.39, 0.29) is 0 Å². The largest absolute Gasteiger partial charge is 0.380 e. The minimum Gasteiger partial charge on any atom is -0.380 e. The minimum absolute atomic E-state index is 0.485. The second-order valence-electron chi connectivity index (χ2n) is 2.77. The second-order valence-corrected chi connectivity index (χ2v) is 4.50. The molecule has 0 bridgehead atoms. The lowest BCUT2D eigenvalue weighted by Gasteiger charge is -2.25. The molecule has 2 heterocycles. The normalized spacial score (nSPS) is 17.5. The van der Waals surface area contributed by atoms with Gasteiger partial charge in [0.2, 0.25) is 0 Å². The Balaban J connectivity index is 2.30. The van der Waals surface area contributed by atoms with Crippen LogP contribution in [0.3, 0.4) is 0 Å². The van der Waals surface area contributed by atoms with Gasteiger partial charge in [-0.25, -0.2) is 4.98 Å². The number of aromatic nitrogens is 1. The highest BCUT2D eigenvalue weighted by Crippen LogP contribution is 2.26. The van der Waals surface area contributed by atoms with Gasteiger partial charge in [0.1, 0.15) is 4.60 Å². The van der Waals surface area contributed by atoms with E-state index in [1.54, 1.807) is 0 Å². The van der Waals surface area contributed by atoms with Crippen molar-refractivity contribution in [3.8, 4) is 0 Å². The minimum atomic E-state index is 0.485. The molecular weight excluding hydrogens is 286 g/mol. The van der Waals surface area contributed by atoms with Crippen LogP contribution in [0.2, 0.25) is 0 Å². The van der Waals surface area contributed by atoms with Gasteiger partial charge >= 0.3 is 0 Å². The van der Waals surface area contributed by atoms with Crippen LogP contribution < -0.4 is 0 Å². The number of rotatable bonds is 1. The number of pyridine rings is 1. The van der Waals surface area contributed by atoms with E-state index in [1.165, 1.54) is 0 Å². The van der Waals surface area contributed by atoms with Gasteiger partial charge < -0.3 is 4.74 Å². The van der Waals surface area contributed by atoms with E-state index in [2.05, 4.69) is 36.8 Å². The zero-order valence-electron chi connectivity index (χ0n) is 6.26. The Labute approximate surface area is 87.6 Å². The summed E-state index contributed by atoms with van der Waals surface area (Å²) in [6.07, 6.45) is 0. The van der Waals surface area contributed by atoms with Crippen molar-refractivity contribution < 1.29 is 4.74 Å². The van der Waals surface area contributed by atoms with E-state index in [9.17, 15) is 0 Å². The standard InChI is InChI=1S/C8H7Br2NO/c9-6-1-7(5-3-12-4-5)11-8(10)2-6/h1-2,5H,3-4H2. The first-order valence-corrected chi connectivity index (χ1v) is 5.25. The topological polar surface area (TPSA) is 22.1 Å². The Morgan fingerprint density at radius 1 is 1.33 bits per heavy atom. The van der Waals surface area contributed by atoms with Crippen LogP contribution in [-0.2, 0) is 4.74 Å². The molecule has 1 fully saturated rings. The first-order chi connectivity index (χ1) is 5.75. The maximum atomic E-state index is 5.10. The van der Waals surface area contributed by atoms with E-state index in [0.717, 1.165) is 28.0 Å². The van der Waals surface area contributed by atoms with E-state index in [0.29, 0.717) is 5.92 Å². The van der Waals surface area contributed by atoms with Crippen molar-refractivity contribution in [2.45, 2.75) is 5.92 Å². The average molecular weight is 293 g/mol. The number of nitrogens with zero attached hydrogens (tertiary/aromatic N) is 1. The van der Waals surface area contributed by atoms with Crippen molar-refractivity contribution in [2.24, 2.45) is 0 Å². The molecule has 0 aromatic carbocycles. The molecule has 12 heavy (non-hydrogen) atoms. The summed E-state index contributed by atoms with van der Waals surface area (Å²) in [4.78, 5) is 4.36. The molecule has 0 saturated carbocycles. The van der Waals surface area contributed by atoms with Crippen LogP contribution in [-0.4, -0.2) is 18.2 Å². The number of hydrogen-bond acceptors (Lipinski definition) is 2. The van der Waals surface area contributed by atoms with Crippen molar-refractivity contribution >= 4 is 31.9 Å². The summed E-state index contributed by atoms with van der Waals surface area (Å²) in [6, 6.07) is 3.97. The first kappa shape index (κ1) is 8.66. The van der Waals surface area contributed by atoms with Crippen molar-refractivity contribution in [1.29, 1.82) is 0 Å². The summed E-state index contributed by atoms with van der Waals surface area (Å²) in [5.41, 5.74) is 1.10. The van der Waals surface area contributed by atoms with Crippen LogP contribution in [0.1, 0.15) is 11.6 Å². The summed E-state index contributed by atoms with van der Waals surface area (Å²) in [7, 11) is 0. The predicted molar refractivity (Wildman–Crippen MR) is 53.2 cm³/mol. The van der Waals surface area contributed by atoms with E-state index < -0.39 is 0 Å². The van der Waals surface area contributed by atoms with Gasteiger partial charge in [-0.2, -0.15) is 0 Å². The third-order valence-corrected chi connectivity index (χ3v) is 2.70. The first-order valence-electron chi connectivity index (χ1n) is 3.66. The van der Waals surface area contributed by atoms with Gasteiger partial charge in [0, 0.05) is 10.4 Å². The Kier molecular flexibility index (Phi) is 2.48. The molecule has 1 aromatic rings. The maximum absolute atomic E-state index is 5.10. The molecule has 1 aliphatic heterocycles. The van der Waals surface area contributed by atoms with Crippen molar-refractivity contribution in [3.63, 3.8) is 0 Å². The molecule has 4 heteroatoms. The van der Waals surface area contributed by atoms with Gasteiger partial charge in [0.25, 0.3) is 0 Å². The SMILES string of the molecule is Brc1cc(Br)nc(C2COC2)c1. The van der Waals surface area contributed by atoms with Crippen LogP contribution in [0.25, 0.3) is 0 Å². The molecule has 1 aliphatic rings. The molecular formula is C8H7Br2NO. The van der Waals surface area contributed by atoms with Gasteiger partial charge in [-0.05, 0) is 28.1 Å². The van der Waals surface area contributed by atoms with Crippen LogP contribution in [0, 0.1) is 0 Å². The lowest BCUT2D eigenvalue weighted by molar-refractivity contribution is 0.00663. The molecule has 1 aromatic heterocycles. The molecule has 0 atom stereocenters. The lowest BCUT2D eigenvalue weighted by Crippen LogP contribution is -2.25. The number of halogens is 2. The molecule has 0 aliphatic carbocycles. The molecule has 2 rings (SSSR count). The lowest BCUT2D eigenvalue weighted by atomic mass is 10.0. The summed E-state index contributed by atoms with van der Waals surface area (Å²) in [5.74, 6) is 0.485. The zero-order valence-corrected chi connectivity index (χ0v) is 9.43. The fraction of sp³-hybridized carbons (Fsp3) is 0.375. The molecule has 1 saturated heterocycles. The second kappa shape index (κ2) is 3.44. The summed E-state index contributed by atoms with van der Waals surface area (Å²) in [5, 5.41) is 0. The van der Waals surface area contributed by atoms with Crippen molar-refractivity contribution in [3.05, 3.63) is 26.9 Å². The van der Waals surface area contributed by atoms with Crippen molar-refractivity contribution in [1.82, 2.24) is 4.98 Å². The number of hydrogen-bond donors (Lipinski definition) is 0. The fourth-order valence-electron chi connectivity index (χ4n) is 1.10. The third-order valence-electron chi connectivity index (χ3n) is 1.84. The molecule has 2 nitrogen and oxygen atoms in total. The van der Waals surface area contributed by atoms with E-state index in [1.807, 2.05) is 12.1 Å². The van der Waals surface area contributed by atoms with Gasteiger partial charge in [0.15, 0.2) is 0 Å². The van der Waals surface area contributed by atoms with Crippen LogP contribution >= 0.6 is 31.9 Å². The highest BCUT2D eigenvalue weighted by Gasteiger charge is 2.22. The van der Waals surface area contributed by atoms with Gasteiger partial charge in [-0.3, -0.25) is 0 Å². The highest BCUT2D eigenvalue weighted by molar-refractivity contribution is 9.11. The summed E-state index contributed by atoms with van der Waals surface area (Å²) in [6.45, 7) is 1.60. The Hall–Kier alpha value is 0.0700. The maximum Gasteiger partial charge on any atom is 0.107 e. The Morgan fingerprint density at radius 3 is 2.58 bits per heavy atom. The average Bonchev–Trinajstić information content (AvgIpc) is 1.79. The van der Waals surface area contributed by atoms with Gasteiger partial charge in [-0.15, -0.1) is 0 Å². The monoisotopic (exact) mass is 291 g/mol. The summed E-state index contributed by atoms with van der Waals surface area (Å²) < 4.78 is 7.03. The van der Waals surface area contributed by atoms with Crippen molar-refractivity contribution in [2.75, 3.05) is 13.2 Å². The smallest absolute Gasteiger partial charge is 0.107 e.